The first-order valence-electron chi connectivity index (χ1n) is 8.96. The van der Waals surface area contributed by atoms with Crippen molar-refractivity contribution in [3.63, 3.8) is 0 Å². The molecular weight excluding hydrogens is 407 g/mol. The summed E-state index contributed by atoms with van der Waals surface area (Å²) in [7, 11) is 0. The molecule has 29 heavy (non-hydrogen) atoms. The summed E-state index contributed by atoms with van der Waals surface area (Å²) in [5.74, 6) is -0.915. The van der Waals surface area contributed by atoms with Crippen molar-refractivity contribution < 1.29 is 9.18 Å². The van der Waals surface area contributed by atoms with Gasteiger partial charge in [-0.1, -0.05) is 42.1 Å². The molecule has 0 saturated carbocycles. The number of thiophene rings is 1. The molecule has 0 saturated heterocycles. The Balaban J connectivity index is 1.80. The number of Topliss-reactive ketones (excluding diaryl/α,β-unsaturated/α-hetero) is 1. The lowest BCUT2D eigenvalue weighted by Crippen LogP contribution is -2.22. The number of hydrogen-bond acceptors (Lipinski definition) is 5. The number of aromatic nitrogens is 2. The Morgan fingerprint density at radius 2 is 1.79 bits per heavy atom. The number of aryl methyl sites for hydroxylation is 2. The van der Waals surface area contributed by atoms with Crippen molar-refractivity contribution in [2.45, 2.75) is 19.0 Å². The van der Waals surface area contributed by atoms with Gasteiger partial charge in [-0.25, -0.2) is 9.37 Å². The minimum absolute atomic E-state index is 0.0188. The molecule has 0 fully saturated rings. The van der Waals surface area contributed by atoms with Crippen molar-refractivity contribution in [1.82, 2.24) is 9.55 Å². The molecular formula is C22H17FN2O2S2. The molecule has 2 heterocycles. The Hall–Kier alpha value is -2.77. The van der Waals surface area contributed by atoms with E-state index in [-0.39, 0.29) is 22.7 Å². The maximum atomic E-state index is 13.9. The highest BCUT2D eigenvalue weighted by Gasteiger charge is 2.19. The number of fused-ring (bicyclic) bond motifs is 1. The second kappa shape index (κ2) is 7.93. The third-order valence-corrected chi connectivity index (χ3v) is 6.73. The van der Waals surface area contributed by atoms with Gasteiger partial charge in [0, 0.05) is 4.88 Å². The molecule has 0 aliphatic rings. The summed E-state index contributed by atoms with van der Waals surface area (Å²) in [5.41, 5.74) is 1.48. The maximum absolute atomic E-state index is 13.9. The van der Waals surface area contributed by atoms with Gasteiger partial charge in [0.05, 0.1) is 22.4 Å². The summed E-state index contributed by atoms with van der Waals surface area (Å²) < 4.78 is 15.5. The van der Waals surface area contributed by atoms with E-state index in [9.17, 15) is 14.0 Å². The summed E-state index contributed by atoms with van der Waals surface area (Å²) in [4.78, 5) is 32.2. The highest BCUT2D eigenvalue weighted by Crippen LogP contribution is 2.29. The highest BCUT2D eigenvalue weighted by molar-refractivity contribution is 7.99. The number of para-hydroxylation sites is 1. The van der Waals surface area contributed by atoms with Gasteiger partial charge in [0.1, 0.15) is 10.6 Å². The standard InChI is InChI=1S/C22H17FN2O2S2/c1-13-14(2)29-20-19(13)21(27)25(15-8-4-3-5-9-15)22(24-20)28-12-18(26)16-10-6-7-11-17(16)23/h3-11H,12H2,1-2H3. The first-order valence-corrected chi connectivity index (χ1v) is 10.8. The SMILES string of the molecule is Cc1sc2nc(SCC(=O)c3ccccc3F)n(-c3ccccc3)c(=O)c2c1C. The molecule has 4 rings (SSSR count). The van der Waals surface area contributed by atoms with E-state index in [2.05, 4.69) is 4.98 Å². The summed E-state index contributed by atoms with van der Waals surface area (Å²) in [6.45, 7) is 3.88. The van der Waals surface area contributed by atoms with E-state index in [0.717, 1.165) is 22.2 Å². The van der Waals surface area contributed by atoms with Crippen LogP contribution in [0.15, 0.2) is 64.5 Å². The lowest BCUT2D eigenvalue weighted by atomic mass is 10.1. The highest BCUT2D eigenvalue weighted by atomic mass is 32.2. The summed E-state index contributed by atoms with van der Waals surface area (Å²) in [5, 5.41) is 1.01. The van der Waals surface area contributed by atoms with Crippen molar-refractivity contribution in [3.05, 3.63) is 86.8 Å². The number of rotatable bonds is 5. The molecule has 146 valence electrons. The number of thioether (sulfide) groups is 1. The van der Waals surface area contributed by atoms with Crippen LogP contribution in [-0.2, 0) is 0 Å². The normalized spacial score (nSPS) is 11.1. The molecule has 0 N–H and O–H groups in total. The Morgan fingerprint density at radius 3 is 2.52 bits per heavy atom. The monoisotopic (exact) mass is 424 g/mol. The van der Waals surface area contributed by atoms with Crippen LogP contribution >= 0.6 is 23.1 Å². The molecule has 0 aliphatic heterocycles. The fraction of sp³-hybridized carbons (Fsp3) is 0.136. The zero-order valence-electron chi connectivity index (χ0n) is 15.8. The molecule has 0 aliphatic carbocycles. The van der Waals surface area contributed by atoms with E-state index < -0.39 is 5.82 Å². The first kappa shape index (κ1) is 19.5. The number of ketones is 1. The summed E-state index contributed by atoms with van der Waals surface area (Å²) in [6, 6.07) is 15.1. The Kier molecular flexibility index (Phi) is 5.34. The van der Waals surface area contributed by atoms with Gasteiger partial charge in [0.2, 0.25) is 0 Å². The molecule has 0 unspecified atom stereocenters. The van der Waals surface area contributed by atoms with Crippen molar-refractivity contribution >= 4 is 39.1 Å². The summed E-state index contributed by atoms with van der Waals surface area (Å²) >= 11 is 2.60. The van der Waals surface area contributed by atoms with E-state index >= 15 is 0 Å². The van der Waals surface area contributed by atoms with E-state index in [0.29, 0.717) is 21.1 Å². The van der Waals surface area contributed by atoms with Crippen LogP contribution in [0.1, 0.15) is 20.8 Å². The Bertz CT molecular complexity index is 1280. The van der Waals surface area contributed by atoms with Gasteiger partial charge >= 0.3 is 0 Å². The van der Waals surface area contributed by atoms with E-state index in [1.807, 2.05) is 44.2 Å². The molecule has 4 aromatic rings. The van der Waals surface area contributed by atoms with Gasteiger partial charge in [-0.15, -0.1) is 11.3 Å². The lowest BCUT2D eigenvalue weighted by Gasteiger charge is -2.12. The van der Waals surface area contributed by atoms with Crippen LogP contribution in [0.2, 0.25) is 0 Å². The van der Waals surface area contributed by atoms with Crippen LogP contribution < -0.4 is 5.56 Å². The van der Waals surface area contributed by atoms with Crippen LogP contribution in [0.5, 0.6) is 0 Å². The molecule has 0 atom stereocenters. The number of nitrogens with zero attached hydrogens (tertiary/aromatic N) is 2. The van der Waals surface area contributed by atoms with Crippen LogP contribution in [0.3, 0.4) is 0 Å². The minimum Gasteiger partial charge on any atom is -0.293 e. The van der Waals surface area contributed by atoms with Crippen molar-refractivity contribution in [1.29, 1.82) is 0 Å². The number of hydrogen-bond donors (Lipinski definition) is 0. The van der Waals surface area contributed by atoms with Gasteiger partial charge in [0.15, 0.2) is 10.9 Å². The quantitative estimate of drug-likeness (QED) is 0.252. The maximum Gasteiger partial charge on any atom is 0.267 e. The van der Waals surface area contributed by atoms with E-state index in [1.165, 1.54) is 28.0 Å². The van der Waals surface area contributed by atoms with Gasteiger partial charge in [0.25, 0.3) is 5.56 Å². The van der Waals surface area contributed by atoms with Crippen LogP contribution in [-0.4, -0.2) is 21.1 Å². The number of benzene rings is 2. The van der Waals surface area contributed by atoms with Crippen molar-refractivity contribution in [2.24, 2.45) is 0 Å². The molecule has 2 aromatic heterocycles. The Morgan fingerprint density at radius 1 is 1.10 bits per heavy atom. The van der Waals surface area contributed by atoms with Gasteiger partial charge < -0.3 is 0 Å². The largest absolute Gasteiger partial charge is 0.293 e. The second-order valence-corrected chi connectivity index (χ2v) is 8.67. The average molecular weight is 425 g/mol. The number of carbonyl (C=O) groups excluding carboxylic acids is 1. The fourth-order valence-corrected chi connectivity index (χ4v) is 5.04. The van der Waals surface area contributed by atoms with Crippen LogP contribution in [0, 0.1) is 19.7 Å². The van der Waals surface area contributed by atoms with E-state index in [4.69, 9.17) is 0 Å². The third kappa shape index (κ3) is 3.63. The fourth-order valence-electron chi connectivity index (χ4n) is 3.07. The Labute approximate surface area is 175 Å². The van der Waals surface area contributed by atoms with Gasteiger partial charge in [-0.2, -0.15) is 0 Å². The van der Waals surface area contributed by atoms with Crippen molar-refractivity contribution in [3.8, 4) is 5.69 Å². The van der Waals surface area contributed by atoms with Gasteiger partial charge in [-0.3, -0.25) is 14.2 Å². The van der Waals surface area contributed by atoms with Crippen LogP contribution in [0.4, 0.5) is 4.39 Å². The molecule has 0 spiro atoms. The average Bonchev–Trinajstić information content (AvgIpc) is 3.01. The molecule has 4 nitrogen and oxygen atoms in total. The zero-order valence-corrected chi connectivity index (χ0v) is 17.4. The molecule has 7 heteroatoms. The molecule has 0 bridgehead atoms. The first-order chi connectivity index (χ1) is 14.0. The molecule has 0 amide bonds. The smallest absolute Gasteiger partial charge is 0.267 e. The number of carbonyl (C=O) groups is 1. The molecule has 2 aromatic carbocycles. The minimum atomic E-state index is -0.550. The van der Waals surface area contributed by atoms with Gasteiger partial charge in [-0.05, 0) is 43.7 Å². The summed E-state index contributed by atoms with van der Waals surface area (Å²) in [6.07, 6.45) is 0. The second-order valence-electron chi connectivity index (χ2n) is 6.53. The zero-order chi connectivity index (χ0) is 20.5. The molecule has 0 radical (unpaired) electrons. The third-order valence-electron chi connectivity index (χ3n) is 4.69. The van der Waals surface area contributed by atoms with Crippen molar-refractivity contribution in [2.75, 3.05) is 5.75 Å². The lowest BCUT2D eigenvalue weighted by molar-refractivity contribution is 0.101. The predicted molar refractivity (Wildman–Crippen MR) is 116 cm³/mol. The van der Waals surface area contributed by atoms with E-state index in [1.54, 1.807) is 12.1 Å². The predicted octanol–water partition coefficient (Wildman–Crippen LogP) is 5.18. The number of halogens is 1. The van der Waals surface area contributed by atoms with Crippen LogP contribution in [0.25, 0.3) is 15.9 Å². The topological polar surface area (TPSA) is 52.0 Å².